The number of fused-ring (bicyclic) bond motifs is 3. The van der Waals surface area contributed by atoms with Crippen LogP contribution in [0.15, 0.2) is 81.3 Å². The Morgan fingerprint density at radius 1 is 1.06 bits per heavy atom. The monoisotopic (exact) mass is 424 g/mol. The van der Waals surface area contributed by atoms with Crippen molar-refractivity contribution in [1.82, 2.24) is 4.98 Å². The molecule has 0 aliphatic rings. The molecule has 5 rings (SSSR count). The molecule has 0 amide bonds. The number of hydrogen-bond acceptors (Lipinski definition) is 5. The minimum Gasteiger partial charge on any atom is -0.422 e. The average molecular weight is 424 g/mol. The first kappa shape index (κ1) is 18.9. The molecule has 0 aliphatic heterocycles. The van der Waals surface area contributed by atoms with Crippen LogP contribution in [0, 0.1) is 17.1 Å². The van der Waals surface area contributed by atoms with Crippen molar-refractivity contribution in [1.29, 1.82) is 5.26 Å². The van der Waals surface area contributed by atoms with E-state index in [4.69, 9.17) is 4.42 Å². The van der Waals surface area contributed by atoms with Crippen LogP contribution in [0.1, 0.15) is 11.3 Å². The molecule has 0 saturated heterocycles. The van der Waals surface area contributed by atoms with Crippen molar-refractivity contribution in [3.63, 3.8) is 0 Å². The van der Waals surface area contributed by atoms with Gasteiger partial charge in [-0.05, 0) is 46.7 Å². The number of rotatable bonds is 3. The Balaban J connectivity index is 1.61. The molecule has 0 saturated carbocycles. The summed E-state index contributed by atoms with van der Waals surface area (Å²) in [5, 5.41) is 14.6. The Kier molecular flexibility index (Phi) is 4.66. The summed E-state index contributed by atoms with van der Waals surface area (Å²) >= 11 is 1.26. The summed E-state index contributed by atoms with van der Waals surface area (Å²) in [7, 11) is 0. The lowest BCUT2D eigenvalue weighted by Crippen LogP contribution is -2.02. The Hall–Kier alpha value is -4.08. The van der Waals surface area contributed by atoms with Gasteiger partial charge in [-0.3, -0.25) is 0 Å². The smallest absolute Gasteiger partial charge is 0.346 e. The van der Waals surface area contributed by atoms with Crippen LogP contribution in [0.3, 0.4) is 0 Å². The molecule has 6 heteroatoms. The Bertz CT molecular complexity index is 1570. The average Bonchev–Trinajstić information content (AvgIpc) is 3.28. The quantitative estimate of drug-likeness (QED) is 0.194. The summed E-state index contributed by atoms with van der Waals surface area (Å²) in [6.45, 7) is 0. The number of hydrogen-bond donors (Lipinski definition) is 0. The molecular weight excluding hydrogens is 411 g/mol. The van der Waals surface area contributed by atoms with Crippen molar-refractivity contribution in [3.05, 3.63) is 99.6 Å². The lowest BCUT2D eigenvalue weighted by atomic mass is 10.0. The minimum atomic E-state index is -0.482. The molecule has 0 spiro atoms. The van der Waals surface area contributed by atoms with Gasteiger partial charge in [-0.25, -0.2) is 14.2 Å². The number of aromatic nitrogens is 1. The molecule has 0 unspecified atom stereocenters. The summed E-state index contributed by atoms with van der Waals surface area (Å²) in [6, 6.07) is 21.3. The zero-order chi connectivity index (χ0) is 21.4. The second-order valence-electron chi connectivity index (χ2n) is 6.91. The van der Waals surface area contributed by atoms with E-state index in [-0.39, 0.29) is 5.82 Å². The van der Waals surface area contributed by atoms with Crippen LogP contribution in [-0.4, -0.2) is 4.98 Å². The van der Waals surface area contributed by atoms with E-state index in [1.54, 1.807) is 35.7 Å². The number of thiazole rings is 1. The van der Waals surface area contributed by atoms with Crippen molar-refractivity contribution >= 4 is 44.7 Å². The predicted molar refractivity (Wildman–Crippen MR) is 121 cm³/mol. The SMILES string of the molecule is N#C/C(=C\c1ccc(F)cc1)c1csc(-c2cc3c(ccc4ccccc43)oc2=O)n1. The molecule has 0 radical (unpaired) electrons. The highest BCUT2D eigenvalue weighted by atomic mass is 32.1. The zero-order valence-corrected chi connectivity index (χ0v) is 16.8. The Labute approximate surface area is 180 Å². The van der Waals surface area contributed by atoms with Gasteiger partial charge < -0.3 is 4.42 Å². The third-order valence-corrected chi connectivity index (χ3v) is 5.83. The van der Waals surface area contributed by atoms with E-state index in [1.165, 1.54) is 23.5 Å². The van der Waals surface area contributed by atoms with Gasteiger partial charge in [-0.2, -0.15) is 5.26 Å². The van der Waals surface area contributed by atoms with E-state index in [2.05, 4.69) is 11.1 Å². The number of benzene rings is 3. The molecule has 0 bridgehead atoms. The second-order valence-corrected chi connectivity index (χ2v) is 7.76. The molecule has 3 aromatic carbocycles. The summed E-state index contributed by atoms with van der Waals surface area (Å²) in [6.07, 6.45) is 1.63. The molecule has 5 aromatic rings. The standard InChI is InChI=1S/C25H13FN2O2S/c26-18-8-5-15(6-9-18)11-17(13-27)22-14-31-24(28-22)21-12-20-19-4-2-1-3-16(19)7-10-23(20)30-25(21)29/h1-12,14H/b17-11+. The van der Waals surface area contributed by atoms with Gasteiger partial charge >= 0.3 is 5.63 Å². The van der Waals surface area contributed by atoms with Gasteiger partial charge in [0.05, 0.1) is 16.8 Å². The lowest BCUT2D eigenvalue weighted by molar-refractivity contribution is 0.564. The van der Waals surface area contributed by atoms with Crippen molar-refractivity contribution < 1.29 is 8.81 Å². The van der Waals surface area contributed by atoms with E-state index < -0.39 is 5.63 Å². The summed E-state index contributed by atoms with van der Waals surface area (Å²) < 4.78 is 18.7. The predicted octanol–water partition coefficient (Wildman–Crippen LogP) is 6.27. The summed E-state index contributed by atoms with van der Waals surface area (Å²) in [5.74, 6) is -0.345. The normalized spacial score (nSPS) is 11.7. The highest BCUT2D eigenvalue weighted by Gasteiger charge is 2.15. The Morgan fingerprint density at radius 3 is 2.68 bits per heavy atom. The fourth-order valence-corrected chi connectivity index (χ4v) is 4.25. The first-order chi connectivity index (χ1) is 15.1. The molecule has 148 valence electrons. The van der Waals surface area contributed by atoms with Crippen molar-refractivity contribution in [2.75, 3.05) is 0 Å². The molecule has 0 atom stereocenters. The van der Waals surface area contributed by atoms with Crippen LogP contribution in [0.2, 0.25) is 0 Å². The zero-order valence-electron chi connectivity index (χ0n) is 16.0. The van der Waals surface area contributed by atoms with E-state index in [0.717, 1.165) is 16.2 Å². The van der Waals surface area contributed by atoms with Crippen LogP contribution >= 0.6 is 11.3 Å². The molecular formula is C25H13FN2O2S. The maximum absolute atomic E-state index is 13.1. The van der Waals surface area contributed by atoms with Gasteiger partial charge in [0.25, 0.3) is 0 Å². The van der Waals surface area contributed by atoms with Gasteiger partial charge in [0.1, 0.15) is 22.5 Å². The first-order valence-corrected chi connectivity index (χ1v) is 10.3. The summed E-state index contributed by atoms with van der Waals surface area (Å²) in [5.41, 5.74) is 1.83. The van der Waals surface area contributed by atoms with Crippen LogP contribution < -0.4 is 5.63 Å². The third-order valence-electron chi connectivity index (χ3n) is 4.95. The maximum Gasteiger partial charge on any atom is 0.346 e. The third kappa shape index (κ3) is 3.52. The number of halogens is 1. The van der Waals surface area contributed by atoms with Gasteiger partial charge in [0.2, 0.25) is 0 Å². The van der Waals surface area contributed by atoms with Crippen molar-refractivity contribution in [3.8, 4) is 16.6 Å². The first-order valence-electron chi connectivity index (χ1n) is 9.41. The molecule has 0 N–H and O–H groups in total. The molecule has 31 heavy (non-hydrogen) atoms. The number of nitriles is 1. The summed E-state index contributed by atoms with van der Waals surface area (Å²) in [4.78, 5) is 17.1. The van der Waals surface area contributed by atoms with Crippen LogP contribution in [0.4, 0.5) is 4.39 Å². The molecule has 2 aromatic heterocycles. The second kappa shape index (κ2) is 7.63. The van der Waals surface area contributed by atoms with Crippen molar-refractivity contribution in [2.24, 2.45) is 0 Å². The highest BCUT2D eigenvalue weighted by Crippen LogP contribution is 2.30. The Morgan fingerprint density at radius 2 is 1.87 bits per heavy atom. The topological polar surface area (TPSA) is 66.9 Å². The molecule has 2 heterocycles. The van der Waals surface area contributed by atoms with E-state index in [0.29, 0.717) is 33.0 Å². The minimum absolute atomic E-state index is 0.324. The largest absolute Gasteiger partial charge is 0.422 e. The van der Waals surface area contributed by atoms with Gasteiger partial charge in [0.15, 0.2) is 0 Å². The van der Waals surface area contributed by atoms with Crippen LogP contribution in [-0.2, 0) is 0 Å². The molecule has 0 fully saturated rings. The molecule has 4 nitrogen and oxygen atoms in total. The van der Waals surface area contributed by atoms with Crippen molar-refractivity contribution in [2.45, 2.75) is 0 Å². The molecule has 0 aliphatic carbocycles. The number of nitrogens with zero attached hydrogens (tertiary/aromatic N) is 2. The highest BCUT2D eigenvalue weighted by molar-refractivity contribution is 7.13. The van der Waals surface area contributed by atoms with Gasteiger partial charge in [-0.15, -0.1) is 11.3 Å². The number of allylic oxidation sites excluding steroid dienone is 1. The van der Waals surface area contributed by atoms with Crippen LogP contribution in [0.5, 0.6) is 0 Å². The van der Waals surface area contributed by atoms with Gasteiger partial charge in [-0.1, -0.05) is 42.5 Å². The van der Waals surface area contributed by atoms with Gasteiger partial charge in [0, 0.05) is 10.8 Å². The lowest BCUT2D eigenvalue weighted by Gasteiger charge is -2.04. The maximum atomic E-state index is 13.1. The fourth-order valence-electron chi connectivity index (χ4n) is 3.43. The van der Waals surface area contributed by atoms with E-state index in [9.17, 15) is 14.4 Å². The van der Waals surface area contributed by atoms with E-state index >= 15 is 0 Å². The van der Waals surface area contributed by atoms with Crippen LogP contribution in [0.25, 0.3) is 44.0 Å². The fraction of sp³-hybridized carbons (Fsp3) is 0. The van der Waals surface area contributed by atoms with E-state index in [1.807, 2.05) is 30.3 Å².